The van der Waals surface area contributed by atoms with Crippen molar-refractivity contribution in [2.24, 2.45) is 0 Å². The average molecular weight is 192 g/mol. The fourth-order valence-corrected chi connectivity index (χ4v) is 0.731. The zero-order chi connectivity index (χ0) is 10.8. The first kappa shape index (κ1) is 12.5. The summed E-state index contributed by atoms with van der Waals surface area (Å²) in [5.41, 5.74) is 0.904. The summed E-state index contributed by atoms with van der Waals surface area (Å²) in [7, 11) is 1.62. The van der Waals surface area contributed by atoms with E-state index < -0.39 is 0 Å². The highest BCUT2D eigenvalue weighted by atomic mass is 16.5. The highest BCUT2D eigenvalue weighted by molar-refractivity contribution is 5.26. The molecular formula is C12H16O2. The quantitative estimate of drug-likeness (QED) is 0.746. The van der Waals surface area contributed by atoms with Gasteiger partial charge in [-0.25, -0.2) is 0 Å². The molecule has 0 spiro atoms. The lowest BCUT2D eigenvalue weighted by molar-refractivity contribution is 0.281. The Hall–Kier alpha value is -1.54. The molecule has 2 nitrogen and oxygen atoms in total. The van der Waals surface area contributed by atoms with Gasteiger partial charge in [0.2, 0.25) is 0 Å². The van der Waals surface area contributed by atoms with Gasteiger partial charge in [0.1, 0.15) is 5.75 Å². The summed E-state index contributed by atoms with van der Waals surface area (Å²) in [5.74, 6) is 0.817. The van der Waals surface area contributed by atoms with Gasteiger partial charge in [0.15, 0.2) is 0 Å². The SMILES string of the molecule is C=CC=C.COc1ccc(CO)cc1. The van der Waals surface area contributed by atoms with Crippen LogP contribution in [0.1, 0.15) is 5.56 Å². The molecule has 1 rings (SSSR count). The molecule has 0 radical (unpaired) electrons. The summed E-state index contributed by atoms with van der Waals surface area (Å²) < 4.78 is 4.93. The Bertz CT molecular complexity index is 233. The van der Waals surface area contributed by atoms with Crippen molar-refractivity contribution in [1.82, 2.24) is 0 Å². The van der Waals surface area contributed by atoms with Gasteiger partial charge < -0.3 is 9.84 Å². The monoisotopic (exact) mass is 192 g/mol. The Kier molecular flexibility index (Phi) is 7.19. The third kappa shape index (κ3) is 5.17. The summed E-state index contributed by atoms with van der Waals surface area (Å²) in [6, 6.07) is 7.31. The third-order valence-corrected chi connectivity index (χ3v) is 1.51. The van der Waals surface area contributed by atoms with Gasteiger partial charge in [0, 0.05) is 0 Å². The Balaban J connectivity index is 0.000000364. The van der Waals surface area contributed by atoms with Crippen LogP contribution in [0.5, 0.6) is 5.75 Å². The molecule has 0 aliphatic rings. The van der Waals surface area contributed by atoms with Crippen LogP contribution in [0.3, 0.4) is 0 Å². The second kappa shape index (κ2) is 8.08. The summed E-state index contributed by atoms with van der Waals surface area (Å²) in [5, 5.41) is 8.66. The number of rotatable bonds is 3. The van der Waals surface area contributed by atoms with Crippen molar-refractivity contribution in [3.63, 3.8) is 0 Å². The van der Waals surface area contributed by atoms with Gasteiger partial charge in [-0.3, -0.25) is 0 Å². The van der Waals surface area contributed by atoms with Crippen molar-refractivity contribution in [1.29, 1.82) is 0 Å². The molecule has 1 aromatic rings. The van der Waals surface area contributed by atoms with E-state index in [1.807, 2.05) is 24.3 Å². The minimum atomic E-state index is 0.0873. The zero-order valence-corrected chi connectivity index (χ0v) is 8.44. The van der Waals surface area contributed by atoms with E-state index in [4.69, 9.17) is 9.84 Å². The summed E-state index contributed by atoms with van der Waals surface area (Å²) in [4.78, 5) is 0. The molecule has 1 N–H and O–H groups in total. The minimum absolute atomic E-state index is 0.0873. The van der Waals surface area contributed by atoms with Crippen molar-refractivity contribution in [2.45, 2.75) is 6.61 Å². The molecule has 14 heavy (non-hydrogen) atoms. The lowest BCUT2D eigenvalue weighted by Gasteiger charge is -1.98. The first-order chi connectivity index (χ1) is 6.78. The smallest absolute Gasteiger partial charge is 0.118 e. The number of aliphatic hydroxyl groups excluding tert-OH is 1. The molecule has 0 aromatic heterocycles. The maximum atomic E-state index is 8.66. The Morgan fingerprint density at radius 3 is 2.00 bits per heavy atom. The number of benzene rings is 1. The molecule has 0 amide bonds. The van der Waals surface area contributed by atoms with Crippen LogP contribution in [0.4, 0.5) is 0 Å². The van der Waals surface area contributed by atoms with Crippen LogP contribution in [0.2, 0.25) is 0 Å². The van der Waals surface area contributed by atoms with E-state index in [1.54, 1.807) is 19.3 Å². The van der Waals surface area contributed by atoms with E-state index >= 15 is 0 Å². The average Bonchev–Trinajstić information content (AvgIpc) is 2.29. The van der Waals surface area contributed by atoms with Gasteiger partial charge in [0.25, 0.3) is 0 Å². The first-order valence-corrected chi connectivity index (χ1v) is 4.25. The van der Waals surface area contributed by atoms with E-state index in [1.165, 1.54) is 0 Å². The molecule has 76 valence electrons. The highest BCUT2D eigenvalue weighted by Crippen LogP contribution is 2.10. The number of hydrogen-bond donors (Lipinski definition) is 1. The minimum Gasteiger partial charge on any atom is -0.497 e. The second-order valence-electron chi connectivity index (χ2n) is 2.48. The molecule has 1 aromatic carbocycles. The van der Waals surface area contributed by atoms with Crippen LogP contribution in [-0.2, 0) is 6.61 Å². The number of methoxy groups -OCH3 is 1. The van der Waals surface area contributed by atoms with E-state index in [0.717, 1.165) is 11.3 Å². The molecule has 0 bridgehead atoms. The number of allylic oxidation sites excluding steroid dienone is 2. The van der Waals surface area contributed by atoms with Crippen molar-refractivity contribution < 1.29 is 9.84 Å². The van der Waals surface area contributed by atoms with Crippen molar-refractivity contribution in [3.05, 3.63) is 55.1 Å². The van der Waals surface area contributed by atoms with Crippen LogP contribution in [0, 0.1) is 0 Å². The molecule has 0 aliphatic carbocycles. The fourth-order valence-electron chi connectivity index (χ4n) is 0.731. The lowest BCUT2D eigenvalue weighted by Crippen LogP contribution is -1.84. The molecule has 0 heterocycles. The van der Waals surface area contributed by atoms with Gasteiger partial charge in [-0.1, -0.05) is 37.4 Å². The van der Waals surface area contributed by atoms with Crippen molar-refractivity contribution in [3.8, 4) is 5.75 Å². The molecule has 0 saturated heterocycles. The van der Waals surface area contributed by atoms with Crippen LogP contribution in [0.25, 0.3) is 0 Å². The van der Waals surface area contributed by atoms with E-state index in [-0.39, 0.29) is 6.61 Å². The summed E-state index contributed by atoms with van der Waals surface area (Å²) in [6.07, 6.45) is 3.28. The van der Waals surface area contributed by atoms with Gasteiger partial charge in [-0.05, 0) is 17.7 Å². The van der Waals surface area contributed by atoms with Gasteiger partial charge in [0.05, 0.1) is 13.7 Å². The maximum absolute atomic E-state index is 8.66. The molecule has 0 fully saturated rings. The van der Waals surface area contributed by atoms with Gasteiger partial charge >= 0.3 is 0 Å². The van der Waals surface area contributed by atoms with E-state index in [9.17, 15) is 0 Å². The van der Waals surface area contributed by atoms with Crippen LogP contribution in [0.15, 0.2) is 49.6 Å². The predicted octanol–water partition coefficient (Wildman–Crippen LogP) is 2.55. The Morgan fingerprint density at radius 2 is 1.71 bits per heavy atom. The summed E-state index contributed by atoms with van der Waals surface area (Å²) >= 11 is 0. The van der Waals surface area contributed by atoms with E-state index in [2.05, 4.69) is 13.2 Å². The van der Waals surface area contributed by atoms with E-state index in [0.29, 0.717) is 0 Å². The fraction of sp³-hybridized carbons (Fsp3) is 0.167. The van der Waals surface area contributed by atoms with Crippen molar-refractivity contribution >= 4 is 0 Å². The number of hydrogen-bond acceptors (Lipinski definition) is 2. The third-order valence-electron chi connectivity index (χ3n) is 1.51. The number of ether oxygens (including phenoxy) is 1. The van der Waals surface area contributed by atoms with Gasteiger partial charge in [-0.15, -0.1) is 0 Å². The summed E-state index contributed by atoms with van der Waals surface area (Å²) in [6.45, 7) is 6.81. The Labute approximate surface area is 85.2 Å². The number of aliphatic hydroxyl groups is 1. The Morgan fingerprint density at radius 1 is 1.21 bits per heavy atom. The maximum Gasteiger partial charge on any atom is 0.118 e. The highest BCUT2D eigenvalue weighted by Gasteiger charge is 1.89. The normalized spacial score (nSPS) is 8.14. The molecule has 2 heteroatoms. The molecule has 0 atom stereocenters. The topological polar surface area (TPSA) is 29.5 Å². The van der Waals surface area contributed by atoms with Crippen LogP contribution >= 0.6 is 0 Å². The van der Waals surface area contributed by atoms with Gasteiger partial charge in [-0.2, -0.15) is 0 Å². The first-order valence-electron chi connectivity index (χ1n) is 4.25. The van der Waals surface area contributed by atoms with Crippen molar-refractivity contribution in [2.75, 3.05) is 7.11 Å². The van der Waals surface area contributed by atoms with Crippen LogP contribution in [-0.4, -0.2) is 12.2 Å². The molecular weight excluding hydrogens is 176 g/mol. The predicted molar refractivity (Wildman–Crippen MR) is 59.3 cm³/mol. The molecule has 0 unspecified atom stereocenters. The zero-order valence-electron chi connectivity index (χ0n) is 8.44. The molecule has 0 saturated carbocycles. The second-order valence-corrected chi connectivity index (χ2v) is 2.48. The lowest BCUT2D eigenvalue weighted by atomic mass is 10.2. The largest absolute Gasteiger partial charge is 0.497 e. The van der Waals surface area contributed by atoms with Crippen LogP contribution < -0.4 is 4.74 Å². The molecule has 0 aliphatic heterocycles. The standard InChI is InChI=1S/C8H10O2.C4H6/c1-10-8-4-2-7(6-9)3-5-8;1-3-4-2/h2-5,9H,6H2,1H3;3-4H,1-2H2.